The quantitative estimate of drug-likeness (QED) is 0.828. The Morgan fingerprint density at radius 3 is 2.58 bits per heavy atom. The van der Waals surface area contributed by atoms with Crippen molar-refractivity contribution in [3.8, 4) is 5.75 Å². The van der Waals surface area contributed by atoms with Gasteiger partial charge in [0.05, 0.1) is 7.11 Å². The minimum atomic E-state index is 0.0707. The van der Waals surface area contributed by atoms with E-state index in [1.165, 1.54) is 16.7 Å². The van der Waals surface area contributed by atoms with Crippen LogP contribution in [0.3, 0.4) is 0 Å². The molecule has 3 nitrogen and oxygen atoms in total. The number of methoxy groups -OCH3 is 1. The summed E-state index contributed by atoms with van der Waals surface area (Å²) in [6.07, 6.45) is 2.30. The lowest BCUT2D eigenvalue weighted by Crippen LogP contribution is -2.35. The second kappa shape index (κ2) is 5.51. The van der Waals surface area contributed by atoms with Crippen molar-refractivity contribution in [2.24, 2.45) is 5.73 Å². The van der Waals surface area contributed by atoms with Gasteiger partial charge in [-0.1, -0.05) is 19.9 Å². The number of hydrogen-bond donors (Lipinski definition) is 2. The van der Waals surface area contributed by atoms with E-state index in [-0.39, 0.29) is 5.54 Å². The predicted molar refractivity (Wildman–Crippen MR) is 79.7 cm³/mol. The first kappa shape index (κ1) is 14.4. The molecule has 1 aliphatic rings. The molecule has 3 N–H and O–H groups in total. The van der Waals surface area contributed by atoms with Crippen LogP contribution in [0.25, 0.3) is 0 Å². The third-order valence-corrected chi connectivity index (χ3v) is 4.00. The second-order valence-electron chi connectivity index (χ2n) is 6.14. The molecule has 1 aromatic carbocycles. The summed E-state index contributed by atoms with van der Waals surface area (Å²) in [5.41, 5.74) is 10.1. The van der Waals surface area contributed by atoms with Gasteiger partial charge in [0.15, 0.2) is 0 Å². The molecule has 0 atom stereocenters. The Bertz CT molecular complexity index is 450. The number of benzene rings is 1. The van der Waals surface area contributed by atoms with E-state index < -0.39 is 0 Å². The number of aryl methyl sites for hydroxylation is 1. The lowest BCUT2D eigenvalue weighted by molar-refractivity contribution is 0.407. The minimum absolute atomic E-state index is 0.0707. The van der Waals surface area contributed by atoms with Gasteiger partial charge in [-0.2, -0.15) is 0 Å². The summed E-state index contributed by atoms with van der Waals surface area (Å²) in [6, 6.07) is 4.41. The largest absolute Gasteiger partial charge is 0.496 e. The Hall–Kier alpha value is -1.06. The van der Waals surface area contributed by atoms with Gasteiger partial charge >= 0.3 is 0 Å². The van der Waals surface area contributed by atoms with E-state index in [1.54, 1.807) is 7.11 Å². The molecule has 0 saturated heterocycles. The van der Waals surface area contributed by atoms with E-state index in [9.17, 15) is 0 Å². The average molecular weight is 262 g/mol. The van der Waals surface area contributed by atoms with E-state index in [2.05, 4.69) is 38.2 Å². The molecular formula is C16H26N2O. The fourth-order valence-corrected chi connectivity index (χ4v) is 2.35. The van der Waals surface area contributed by atoms with Crippen LogP contribution in [0.2, 0.25) is 0 Å². The van der Waals surface area contributed by atoms with Gasteiger partial charge < -0.3 is 15.8 Å². The average Bonchev–Trinajstić information content (AvgIpc) is 3.08. The maximum atomic E-state index is 6.09. The molecule has 0 spiro atoms. The Morgan fingerprint density at radius 1 is 1.37 bits per heavy atom. The molecule has 0 amide bonds. The van der Waals surface area contributed by atoms with Crippen LogP contribution in [0.5, 0.6) is 5.75 Å². The van der Waals surface area contributed by atoms with Crippen LogP contribution >= 0.6 is 0 Å². The predicted octanol–water partition coefficient (Wildman–Crippen LogP) is 2.71. The number of nitrogens with two attached hydrogens (primary N) is 1. The molecule has 0 radical (unpaired) electrons. The molecule has 0 aliphatic heterocycles. The number of ether oxygens (including phenoxy) is 1. The van der Waals surface area contributed by atoms with Crippen molar-refractivity contribution in [3.63, 3.8) is 0 Å². The van der Waals surface area contributed by atoms with Gasteiger partial charge in [-0.15, -0.1) is 0 Å². The summed E-state index contributed by atoms with van der Waals surface area (Å²) in [7, 11) is 1.74. The molecule has 0 aromatic heterocycles. The normalized spacial score (nSPS) is 16.7. The summed E-state index contributed by atoms with van der Waals surface area (Å²) in [4.78, 5) is 0. The van der Waals surface area contributed by atoms with Crippen LogP contribution < -0.4 is 15.8 Å². The van der Waals surface area contributed by atoms with Crippen molar-refractivity contribution in [2.45, 2.75) is 51.6 Å². The third kappa shape index (κ3) is 3.48. The maximum absolute atomic E-state index is 6.09. The first-order chi connectivity index (χ1) is 8.95. The van der Waals surface area contributed by atoms with E-state index in [0.717, 1.165) is 31.7 Å². The summed E-state index contributed by atoms with van der Waals surface area (Å²) >= 11 is 0. The van der Waals surface area contributed by atoms with Crippen molar-refractivity contribution in [3.05, 3.63) is 28.8 Å². The smallest absolute Gasteiger partial charge is 0.122 e. The van der Waals surface area contributed by atoms with E-state index in [4.69, 9.17) is 10.5 Å². The van der Waals surface area contributed by atoms with Crippen molar-refractivity contribution in [2.75, 3.05) is 13.7 Å². The van der Waals surface area contributed by atoms with Crippen molar-refractivity contribution < 1.29 is 4.74 Å². The van der Waals surface area contributed by atoms with Crippen LogP contribution in [-0.2, 0) is 6.54 Å². The molecule has 1 aromatic rings. The van der Waals surface area contributed by atoms with Crippen LogP contribution in [0.15, 0.2) is 12.1 Å². The molecule has 19 heavy (non-hydrogen) atoms. The van der Waals surface area contributed by atoms with Crippen LogP contribution in [0, 0.1) is 6.92 Å². The standard InChI is InChI=1S/C16H26N2O/c1-11(2)14-8-13(12(3)7-15(14)19-4)9-18-10-16(17)5-6-16/h7-8,11,18H,5-6,9-10,17H2,1-4H3. The van der Waals surface area contributed by atoms with Gasteiger partial charge in [-0.25, -0.2) is 0 Å². The second-order valence-corrected chi connectivity index (χ2v) is 6.14. The zero-order valence-corrected chi connectivity index (χ0v) is 12.5. The molecule has 0 unspecified atom stereocenters. The van der Waals surface area contributed by atoms with Crippen LogP contribution in [-0.4, -0.2) is 19.2 Å². The highest BCUT2D eigenvalue weighted by atomic mass is 16.5. The van der Waals surface area contributed by atoms with Crippen molar-refractivity contribution in [1.82, 2.24) is 5.32 Å². The molecule has 1 saturated carbocycles. The zero-order chi connectivity index (χ0) is 14.0. The van der Waals surface area contributed by atoms with Crippen molar-refractivity contribution in [1.29, 1.82) is 0 Å². The number of rotatable bonds is 6. The summed E-state index contributed by atoms with van der Waals surface area (Å²) in [6.45, 7) is 8.33. The van der Waals surface area contributed by atoms with Gasteiger partial charge in [0.25, 0.3) is 0 Å². The van der Waals surface area contributed by atoms with E-state index in [0.29, 0.717) is 5.92 Å². The fraction of sp³-hybridized carbons (Fsp3) is 0.625. The van der Waals surface area contributed by atoms with Crippen LogP contribution in [0.4, 0.5) is 0 Å². The molecule has 1 aliphatic carbocycles. The Kier molecular flexibility index (Phi) is 4.16. The molecule has 0 heterocycles. The summed E-state index contributed by atoms with van der Waals surface area (Å²) in [5, 5.41) is 3.48. The SMILES string of the molecule is COc1cc(C)c(CNCC2(N)CC2)cc1C(C)C. The monoisotopic (exact) mass is 262 g/mol. The molecule has 106 valence electrons. The maximum Gasteiger partial charge on any atom is 0.122 e. The van der Waals surface area contributed by atoms with Gasteiger partial charge in [-0.3, -0.25) is 0 Å². The molecule has 1 fully saturated rings. The van der Waals surface area contributed by atoms with E-state index >= 15 is 0 Å². The van der Waals surface area contributed by atoms with Gasteiger partial charge in [0, 0.05) is 18.6 Å². The lowest BCUT2D eigenvalue weighted by atomic mass is 9.96. The van der Waals surface area contributed by atoms with Gasteiger partial charge in [0.2, 0.25) is 0 Å². The number of hydrogen-bond acceptors (Lipinski definition) is 3. The van der Waals surface area contributed by atoms with Gasteiger partial charge in [0.1, 0.15) is 5.75 Å². The highest BCUT2D eigenvalue weighted by Crippen LogP contribution is 2.32. The summed E-state index contributed by atoms with van der Waals surface area (Å²) in [5.74, 6) is 1.47. The Balaban J connectivity index is 2.08. The minimum Gasteiger partial charge on any atom is -0.496 e. The lowest BCUT2D eigenvalue weighted by Gasteiger charge is -2.17. The van der Waals surface area contributed by atoms with Gasteiger partial charge in [-0.05, 0) is 48.4 Å². The zero-order valence-electron chi connectivity index (χ0n) is 12.5. The molecule has 3 heteroatoms. The van der Waals surface area contributed by atoms with Crippen LogP contribution in [0.1, 0.15) is 49.3 Å². The fourth-order valence-electron chi connectivity index (χ4n) is 2.35. The topological polar surface area (TPSA) is 47.3 Å². The highest BCUT2D eigenvalue weighted by molar-refractivity contribution is 5.43. The first-order valence-corrected chi connectivity index (χ1v) is 7.12. The Morgan fingerprint density at radius 2 is 2.05 bits per heavy atom. The highest BCUT2D eigenvalue weighted by Gasteiger charge is 2.37. The number of nitrogens with one attached hydrogen (secondary N) is 1. The Labute approximate surface area is 116 Å². The molecule has 2 rings (SSSR count). The molecular weight excluding hydrogens is 236 g/mol. The van der Waals surface area contributed by atoms with Crippen molar-refractivity contribution >= 4 is 0 Å². The van der Waals surface area contributed by atoms with E-state index in [1.807, 2.05) is 0 Å². The molecule has 0 bridgehead atoms. The summed E-state index contributed by atoms with van der Waals surface area (Å²) < 4.78 is 5.47. The first-order valence-electron chi connectivity index (χ1n) is 7.12. The third-order valence-electron chi connectivity index (χ3n) is 4.00.